The van der Waals surface area contributed by atoms with Crippen molar-refractivity contribution in [3.63, 3.8) is 0 Å². The van der Waals surface area contributed by atoms with Crippen molar-refractivity contribution in [3.05, 3.63) is 24.2 Å². The van der Waals surface area contributed by atoms with E-state index in [2.05, 4.69) is 20.3 Å². The van der Waals surface area contributed by atoms with Gasteiger partial charge < -0.3 is 15.4 Å². The third-order valence-corrected chi connectivity index (χ3v) is 3.79. The molecule has 0 radical (unpaired) electrons. The SMILES string of the molecule is O=C(CCc1nc2ncccc2[nH]1)NCC1(O)CCC1. The van der Waals surface area contributed by atoms with E-state index < -0.39 is 5.60 Å². The van der Waals surface area contributed by atoms with E-state index in [1.807, 2.05) is 12.1 Å². The second-order valence-corrected chi connectivity index (χ2v) is 5.41. The number of H-pyrrole nitrogens is 1. The minimum Gasteiger partial charge on any atom is -0.388 e. The van der Waals surface area contributed by atoms with Crippen LogP contribution in [0.4, 0.5) is 0 Å². The molecule has 6 nitrogen and oxygen atoms in total. The van der Waals surface area contributed by atoms with Crippen LogP contribution in [0.1, 0.15) is 31.5 Å². The summed E-state index contributed by atoms with van der Waals surface area (Å²) in [6.07, 6.45) is 5.19. The first-order chi connectivity index (χ1) is 9.65. The quantitative estimate of drug-likeness (QED) is 0.756. The number of amides is 1. The predicted molar refractivity (Wildman–Crippen MR) is 74.0 cm³/mol. The summed E-state index contributed by atoms with van der Waals surface area (Å²) < 4.78 is 0. The molecule has 106 valence electrons. The van der Waals surface area contributed by atoms with Crippen LogP contribution in [-0.2, 0) is 11.2 Å². The zero-order valence-corrected chi connectivity index (χ0v) is 11.2. The number of rotatable bonds is 5. The number of carbonyl (C=O) groups excluding carboxylic acids is 1. The number of pyridine rings is 1. The summed E-state index contributed by atoms with van der Waals surface area (Å²) in [5.74, 6) is 0.704. The molecule has 20 heavy (non-hydrogen) atoms. The second kappa shape index (κ2) is 5.20. The normalized spacial score (nSPS) is 16.9. The van der Waals surface area contributed by atoms with E-state index in [1.54, 1.807) is 6.20 Å². The number of carbonyl (C=O) groups is 1. The van der Waals surface area contributed by atoms with Gasteiger partial charge in [-0.3, -0.25) is 4.79 Å². The number of hydrogen-bond donors (Lipinski definition) is 3. The number of imidazole rings is 1. The molecule has 2 aromatic rings. The highest BCUT2D eigenvalue weighted by Gasteiger charge is 2.34. The van der Waals surface area contributed by atoms with Crippen LogP contribution in [0.5, 0.6) is 0 Å². The van der Waals surface area contributed by atoms with Gasteiger partial charge in [-0.2, -0.15) is 0 Å². The molecule has 0 unspecified atom stereocenters. The molecule has 6 heteroatoms. The standard InChI is InChI=1S/C14H18N4O2/c19-12(16-9-14(20)6-2-7-14)5-4-11-17-10-3-1-8-15-13(10)18-11/h1,3,8,20H,2,4-7,9H2,(H,16,19)(H,15,17,18). The average Bonchev–Trinajstić information content (AvgIpc) is 2.83. The first-order valence-electron chi connectivity index (χ1n) is 6.93. The fraction of sp³-hybridized carbons (Fsp3) is 0.500. The van der Waals surface area contributed by atoms with Crippen molar-refractivity contribution in [1.82, 2.24) is 20.3 Å². The Bertz CT molecular complexity index is 585. The van der Waals surface area contributed by atoms with E-state index in [0.29, 0.717) is 25.0 Å². The molecule has 0 saturated heterocycles. The van der Waals surface area contributed by atoms with Gasteiger partial charge in [-0.15, -0.1) is 0 Å². The Kier molecular flexibility index (Phi) is 3.40. The molecular weight excluding hydrogens is 256 g/mol. The summed E-state index contributed by atoms with van der Waals surface area (Å²) in [4.78, 5) is 23.3. The molecular formula is C14H18N4O2. The van der Waals surface area contributed by atoms with E-state index >= 15 is 0 Å². The smallest absolute Gasteiger partial charge is 0.220 e. The van der Waals surface area contributed by atoms with Crippen LogP contribution in [0.3, 0.4) is 0 Å². The number of nitrogens with one attached hydrogen (secondary N) is 2. The molecule has 1 saturated carbocycles. The number of aromatic amines is 1. The molecule has 3 rings (SSSR count). The maximum Gasteiger partial charge on any atom is 0.220 e. The molecule has 0 spiro atoms. The monoisotopic (exact) mass is 274 g/mol. The summed E-state index contributed by atoms with van der Waals surface area (Å²) >= 11 is 0. The van der Waals surface area contributed by atoms with E-state index in [4.69, 9.17) is 0 Å². The number of aryl methyl sites for hydroxylation is 1. The van der Waals surface area contributed by atoms with Gasteiger partial charge in [0, 0.05) is 25.6 Å². The minimum absolute atomic E-state index is 0.0567. The van der Waals surface area contributed by atoms with Crippen LogP contribution in [0.2, 0.25) is 0 Å². The Morgan fingerprint density at radius 2 is 2.35 bits per heavy atom. The van der Waals surface area contributed by atoms with Crippen LogP contribution in [-0.4, -0.2) is 38.1 Å². The van der Waals surface area contributed by atoms with Crippen molar-refractivity contribution >= 4 is 17.1 Å². The Morgan fingerprint density at radius 1 is 1.50 bits per heavy atom. The van der Waals surface area contributed by atoms with Gasteiger partial charge in [-0.05, 0) is 31.4 Å². The Balaban J connectivity index is 1.49. The van der Waals surface area contributed by atoms with Crippen LogP contribution < -0.4 is 5.32 Å². The molecule has 1 amide bonds. The van der Waals surface area contributed by atoms with Gasteiger partial charge in [0.1, 0.15) is 5.82 Å². The maximum atomic E-state index is 11.7. The van der Waals surface area contributed by atoms with Crippen LogP contribution in [0.25, 0.3) is 11.2 Å². The lowest BCUT2D eigenvalue weighted by Crippen LogP contribution is -2.47. The minimum atomic E-state index is -0.668. The summed E-state index contributed by atoms with van der Waals surface area (Å²) in [5, 5.41) is 12.7. The Morgan fingerprint density at radius 3 is 3.05 bits per heavy atom. The number of fused-ring (bicyclic) bond motifs is 1. The van der Waals surface area contributed by atoms with Crippen molar-refractivity contribution in [2.24, 2.45) is 0 Å². The third-order valence-electron chi connectivity index (χ3n) is 3.79. The van der Waals surface area contributed by atoms with Gasteiger partial charge >= 0.3 is 0 Å². The number of aromatic nitrogens is 3. The molecule has 1 aliphatic rings. The lowest BCUT2D eigenvalue weighted by atomic mass is 9.80. The summed E-state index contributed by atoms with van der Waals surface area (Å²) in [5.41, 5.74) is 0.886. The highest BCUT2D eigenvalue weighted by molar-refractivity contribution is 5.76. The zero-order valence-electron chi connectivity index (χ0n) is 11.2. The molecule has 0 aromatic carbocycles. The van der Waals surface area contributed by atoms with Gasteiger partial charge in [0.25, 0.3) is 0 Å². The number of hydrogen-bond acceptors (Lipinski definition) is 4. The molecule has 3 N–H and O–H groups in total. The number of aliphatic hydroxyl groups is 1. The van der Waals surface area contributed by atoms with Crippen LogP contribution in [0, 0.1) is 0 Å². The Labute approximate surface area is 116 Å². The molecule has 1 fully saturated rings. The fourth-order valence-electron chi connectivity index (χ4n) is 2.36. The van der Waals surface area contributed by atoms with Gasteiger partial charge in [-0.25, -0.2) is 9.97 Å². The molecule has 0 bridgehead atoms. The summed E-state index contributed by atoms with van der Waals surface area (Å²) in [6.45, 7) is 0.355. The zero-order chi connectivity index (χ0) is 14.0. The molecule has 0 aliphatic heterocycles. The first-order valence-corrected chi connectivity index (χ1v) is 6.93. The van der Waals surface area contributed by atoms with Crippen molar-refractivity contribution < 1.29 is 9.90 Å². The Hall–Kier alpha value is -1.95. The van der Waals surface area contributed by atoms with Gasteiger partial charge in [0.15, 0.2) is 5.65 Å². The molecule has 2 heterocycles. The topological polar surface area (TPSA) is 90.9 Å². The van der Waals surface area contributed by atoms with E-state index in [1.165, 1.54) is 0 Å². The van der Waals surface area contributed by atoms with Gasteiger partial charge in [0.2, 0.25) is 5.91 Å². The van der Waals surface area contributed by atoms with Gasteiger partial charge in [-0.1, -0.05) is 0 Å². The van der Waals surface area contributed by atoms with E-state index in [9.17, 15) is 9.90 Å². The largest absolute Gasteiger partial charge is 0.388 e. The lowest BCUT2D eigenvalue weighted by molar-refractivity contribution is -0.123. The average molecular weight is 274 g/mol. The maximum absolute atomic E-state index is 11.7. The van der Waals surface area contributed by atoms with Crippen molar-refractivity contribution in [2.75, 3.05) is 6.54 Å². The number of nitrogens with zero attached hydrogens (tertiary/aromatic N) is 2. The van der Waals surface area contributed by atoms with Crippen molar-refractivity contribution in [3.8, 4) is 0 Å². The molecule has 2 aromatic heterocycles. The highest BCUT2D eigenvalue weighted by atomic mass is 16.3. The first kappa shape index (κ1) is 13.1. The van der Waals surface area contributed by atoms with Crippen molar-refractivity contribution in [1.29, 1.82) is 0 Å². The lowest BCUT2D eigenvalue weighted by Gasteiger charge is -2.36. The summed E-state index contributed by atoms with van der Waals surface area (Å²) in [6, 6.07) is 3.75. The second-order valence-electron chi connectivity index (χ2n) is 5.41. The van der Waals surface area contributed by atoms with Crippen LogP contribution in [0.15, 0.2) is 18.3 Å². The predicted octanol–water partition coefficient (Wildman–Crippen LogP) is 0.922. The fourth-order valence-corrected chi connectivity index (χ4v) is 2.36. The molecule has 0 atom stereocenters. The highest BCUT2D eigenvalue weighted by Crippen LogP contribution is 2.30. The van der Waals surface area contributed by atoms with E-state index in [-0.39, 0.29) is 5.91 Å². The summed E-state index contributed by atoms with van der Waals surface area (Å²) in [7, 11) is 0. The van der Waals surface area contributed by atoms with Crippen LogP contribution >= 0.6 is 0 Å². The van der Waals surface area contributed by atoms with E-state index in [0.717, 1.165) is 30.6 Å². The molecule has 1 aliphatic carbocycles. The van der Waals surface area contributed by atoms with Gasteiger partial charge in [0.05, 0.1) is 11.1 Å². The third kappa shape index (κ3) is 2.80. The van der Waals surface area contributed by atoms with Crippen molar-refractivity contribution in [2.45, 2.75) is 37.7 Å².